The number of rotatable bonds is 6. The van der Waals surface area contributed by atoms with Crippen LogP contribution >= 0.6 is 0 Å². The van der Waals surface area contributed by atoms with Crippen molar-refractivity contribution in [2.45, 2.75) is 40.8 Å². The average Bonchev–Trinajstić information content (AvgIpc) is 3.38. The van der Waals surface area contributed by atoms with Gasteiger partial charge in [0, 0.05) is 61.8 Å². The largest absolute Gasteiger partial charge is 0.342 e. The highest BCUT2D eigenvalue weighted by Gasteiger charge is 2.21. The van der Waals surface area contributed by atoms with Crippen LogP contribution < -0.4 is 0 Å². The van der Waals surface area contributed by atoms with E-state index >= 15 is 0 Å². The van der Waals surface area contributed by atoms with Crippen LogP contribution in [-0.2, 0) is 13.1 Å². The number of H-pyrrole nitrogens is 2. The minimum Gasteiger partial charge on any atom is -0.342 e. The molecule has 2 aromatic heterocycles. The van der Waals surface area contributed by atoms with Crippen LogP contribution in [0.1, 0.15) is 33.9 Å². The van der Waals surface area contributed by atoms with Crippen molar-refractivity contribution < 1.29 is 0 Å². The number of nitrogens with zero attached hydrogens (tertiary/aromatic N) is 4. The normalized spacial score (nSPS) is 15.2. The molecule has 0 saturated carbocycles. The summed E-state index contributed by atoms with van der Waals surface area (Å²) in [7, 11) is 0. The number of aryl methyl sites for hydroxylation is 4. The Morgan fingerprint density at radius 2 is 0.941 bits per heavy atom. The van der Waals surface area contributed by atoms with Gasteiger partial charge in [0.1, 0.15) is 11.6 Å². The first kappa shape index (κ1) is 22.6. The summed E-state index contributed by atoms with van der Waals surface area (Å²) in [6.07, 6.45) is 0. The van der Waals surface area contributed by atoms with Gasteiger partial charge in [-0.1, -0.05) is 59.7 Å². The Morgan fingerprint density at radius 1 is 0.588 bits per heavy atom. The van der Waals surface area contributed by atoms with Gasteiger partial charge in [0.15, 0.2) is 0 Å². The molecular weight excluding hydrogens is 420 g/mol. The molecule has 0 amide bonds. The Hall–Kier alpha value is -3.22. The van der Waals surface area contributed by atoms with Crippen LogP contribution in [0.25, 0.3) is 22.8 Å². The standard InChI is InChI=1S/C28H34N6/c1-19-5-9-23(10-6-19)27-29-21(3)25(31-27)17-33-13-15-34(16-14-33)18-26-22(4)30-28(32-26)24-11-7-20(2)8-12-24/h5-12H,13-18H2,1-4H3,(H,29,31)(H,30,32). The van der Waals surface area contributed by atoms with Gasteiger partial charge in [0.25, 0.3) is 0 Å². The van der Waals surface area contributed by atoms with E-state index in [-0.39, 0.29) is 0 Å². The maximum atomic E-state index is 4.91. The molecule has 2 N–H and O–H groups in total. The van der Waals surface area contributed by atoms with E-state index in [0.717, 1.165) is 84.8 Å². The van der Waals surface area contributed by atoms with Crippen molar-refractivity contribution in [2.24, 2.45) is 0 Å². The zero-order valence-electron chi connectivity index (χ0n) is 20.7. The van der Waals surface area contributed by atoms with Crippen molar-refractivity contribution in [3.05, 3.63) is 82.4 Å². The number of piperazine rings is 1. The van der Waals surface area contributed by atoms with E-state index in [1.54, 1.807) is 0 Å². The Labute approximate surface area is 202 Å². The van der Waals surface area contributed by atoms with Gasteiger partial charge in [0.05, 0.1) is 11.4 Å². The maximum Gasteiger partial charge on any atom is 0.137 e. The number of nitrogens with one attached hydrogen (secondary N) is 2. The lowest BCUT2D eigenvalue weighted by atomic mass is 10.1. The van der Waals surface area contributed by atoms with Crippen molar-refractivity contribution in [1.82, 2.24) is 29.7 Å². The third-order valence-electron chi connectivity index (χ3n) is 6.83. The number of aromatic amines is 2. The Morgan fingerprint density at radius 3 is 1.29 bits per heavy atom. The highest BCUT2D eigenvalue weighted by atomic mass is 15.3. The van der Waals surface area contributed by atoms with Gasteiger partial charge in [-0.2, -0.15) is 0 Å². The molecule has 1 saturated heterocycles. The molecule has 1 aliphatic heterocycles. The van der Waals surface area contributed by atoms with Crippen LogP contribution in [0.5, 0.6) is 0 Å². The number of aromatic nitrogens is 4. The summed E-state index contributed by atoms with van der Waals surface area (Å²) in [4.78, 5) is 21.8. The van der Waals surface area contributed by atoms with Crippen LogP contribution in [0.15, 0.2) is 48.5 Å². The molecule has 4 aromatic rings. The second kappa shape index (κ2) is 9.57. The van der Waals surface area contributed by atoms with Gasteiger partial charge >= 0.3 is 0 Å². The fourth-order valence-electron chi connectivity index (χ4n) is 4.53. The summed E-state index contributed by atoms with van der Waals surface area (Å²) >= 11 is 0. The monoisotopic (exact) mass is 454 g/mol. The molecular formula is C28H34N6. The summed E-state index contributed by atoms with van der Waals surface area (Å²) in [5.41, 5.74) is 9.43. The molecule has 1 fully saturated rings. The first-order valence-electron chi connectivity index (χ1n) is 12.1. The van der Waals surface area contributed by atoms with Gasteiger partial charge in [-0.05, 0) is 27.7 Å². The third kappa shape index (κ3) is 4.98. The molecule has 0 radical (unpaired) electrons. The van der Waals surface area contributed by atoms with E-state index in [4.69, 9.17) is 9.97 Å². The molecule has 176 valence electrons. The average molecular weight is 455 g/mol. The van der Waals surface area contributed by atoms with Gasteiger partial charge in [-0.25, -0.2) is 9.97 Å². The fourth-order valence-corrected chi connectivity index (χ4v) is 4.53. The quantitative estimate of drug-likeness (QED) is 0.429. The first-order valence-corrected chi connectivity index (χ1v) is 12.1. The molecule has 6 nitrogen and oxygen atoms in total. The Bertz CT molecular complexity index is 1140. The minimum atomic E-state index is 0.890. The molecule has 0 aliphatic carbocycles. The van der Waals surface area contributed by atoms with Crippen LogP contribution in [0, 0.1) is 27.7 Å². The predicted octanol–water partition coefficient (Wildman–Crippen LogP) is 5.02. The lowest BCUT2D eigenvalue weighted by Crippen LogP contribution is -2.45. The number of hydrogen-bond donors (Lipinski definition) is 2. The van der Waals surface area contributed by atoms with Gasteiger partial charge in [-0.15, -0.1) is 0 Å². The smallest absolute Gasteiger partial charge is 0.137 e. The summed E-state index contributed by atoms with van der Waals surface area (Å²) < 4.78 is 0. The second-order valence-electron chi connectivity index (χ2n) is 9.60. The highest BCUT2D eigenvalue weighted by molar-refractivity contribution is 5.57. The van der Waals surface area contributed by atoms with Crippen LogP contribution in [0.2, 0.25) is 0 Å². The van der Waals surface area contributed by atoms with E-state index in [0.29, 0.717) is 0 Å². The van der Waals surface area contributed by atoms with Crippen molar-refractivity contribution in [3.8, 4) is 22.8 Å². The third-order valence-corrected chi connectivity index (χ3v) is 6.83. The number of imidazole rings is 2. The molecule has 6 heteroatoms. The zero-order chi connectivity index (χ0) is 23.7. The molecule has 5 rings (SSSR count). The molecule has 0 spiro atoms. The zero-order valence-corrected chi connectivity index (χ0v) is 20.7. The molecule has 0 bridgehead atoms. The lowest BCUT2D eigenvalue weighted by Gasteiger charge is -2.34. The number of benzene rings is 2. The Balaban J connectivity index is 1.17. The van der Waals surface area contributed by atoms with E-state index in [2.05, 4.69) is 96.0 Å². The topological polar surface area (TPSA) is 63.8 Å². The van der Waals surface area contributed by atoms with Gasteiger partial charge in [0.2, 0.25) is 0 Å². The minimum absolute atomic E-state index is 0.890. The van der Waals surface area contributed by atoms with Crippen LogP contribution in [0.4, 0.5) is 0 Å². The van der Waals surface area contributed by atoms with Crippen LogP contribution in [-0.4, -0.2) is 55.9 Å². The van der Waals surface area contributed by atoms with Crippen molar-refractivity contribution in [1.29, 1.82) is 0 Å². The summed E-state index contributed by atoms with van der Waals surface area (Å²) in [5.74, 6) is 1.93. The SMILES string of the molecule is Cc1ccc(-c2nc(CN3CCN(Cc4nc(-c5ccc(C)cc5)[nH]c4C)CC3)c(C)[nH]2)cc1. The fraction of sp³-hybridized carbons (Fsp3) is 0.357. The van der Waals surface area contributed by atoms with E-state index in [1.807, 2.05) is 0 Å². The van der Waals surface area contributed by atoms with Crippen LogP contribution in [0.3, 0.4) is 0 Å². The van der Waals surface area contributed by atoms with Crippen molar-refractivity contribution >= 4 is 0 Å². The molecule has 34 heavy (non-hydrogen) atoms. The predicted molar refractivity (Wildman–Crippen MR) is 138 cm³/mol. The summed E-state index contributed by atoms with van der Waals surface area (Å²) in [6, 6.07) is 17.1. The van der Waals surface area contributed by atoms with E-state index < -0.39 is 0 Å². The Kier molecular flexibility index (Phi) is 6.35. The number of hydrogen-bond acceptors (Lipinski definition) is 4. The van der Waals surface area contributed by atoms with Gasteiger partial charge < -0.3 is 9.97 Å². The summed E-state index contributed by atoms with van der Waals surface area (Å²) in [6.45, 7) is 14.4. The first-order chi connectivity index (χ1) is 16.4. The van der Waals surface area contributed by atoms with Gasteiger partial charge in [-0.3, -0.25) is 9.80 Å². The van der Waals surface area contributed by atoms with E-state index in [1.165, 1.54) is 11.1 Å². The molecule has 0 unspecified atom stereocenters. The lowest BCUT2D eigenvalue weighted by molar-refractivity contribution is 0.120. The summed E-state index contributed by atoms with van der Waals surface area (Å²) in [5, 5.41) is 0. The highest BCUT2D eigenvalue weighted by Crippen LogP contribution is 2.22. The second-order valence-corrected chi connectivity index (χ2v) is 9.60. The van der Waals surface area contributed by atoms with Crippen molar-refractivity contribution in [3.63, 3.8) is 0 Å². The molecule has 2 aromatic carbocycles. The van der Waals surface area contributed by atoms with Crippen molar-refractivity contribution in [2.75, 3.05) is 26.2 Å². The molecule has 0 atom stereocenters. The maximum absolute atomic E-state index is 4.91. The van der Waals surface area contributed by atoms with E-state index in [9.17, 15) is 0 Å². The molecule has 1 aliphatic rings. The molecule has 3 heterocycles.